The molecule has 1 amide bonds. The Morgan fingerprint density at radius 3 is 3.04 bits per heavy atom. The maximum atomic E-state index is 12.5. The molecular weight excluding hydrogens is 322 g/mol. The summed E-state index contributed by atoms with van der Waals surface area (Å²) in [5, 5.41) is 7.42. The van der Waals surface area contributed by atoms with Crippen molar-refractivity contribution in [1.29, 1.82) is 0 Å². The monoisotopic (exact) mass is 345 g/mol. The zero-order chi connectivity index (χ0) is 16.5. The maximum absolute atomic E-state index is 12.5. The van der Waals surface area contributed by atoms with Gasteiger partial charge < -0.3 is 15.2 Å². The summed E-state index contributed by atoms with van der Waals surface area (Å²) in [5.41, 5.74) is 1.75. The highest BCUT2D eigenvalue weighted by Gasteiger charge is 2.22. The van der Waals surface area contributed by atoms with Crippen LogP contribution in [-0.4, -0.2) is 33.5 Å². The lowest BCUT2D eigenvalue weighted by Crippen LogP contribution is -2.27. The summed E-state index contributed by atoms with van der Waals surface area (Å²) in [7, 11) is 0. The van der Waals surface area contributed by atoms with Crippen LogP contribution in [0.3, 0.4) is 0 Å². The Morgan fingerprint density at radius 1 is 1.29 bits per heavy atom. The van der Waals surface area contributed by atoms with Gasteiger partial charge in [-0.2, -0.15) is 0 Å². The molecule has 2 aliphatic rings. The van der Waals surface area contributed by atoms with Crippen molar-refractivity contribution in [2.45, 2.75) is 51.6 Å². The molecule has 6 nitrogen and oxygen atoms in total. The van der Waals surface area contributed by atoms with Crippen molar-refractivity contribution < 1.29 is 4.79 Å². The molecule has 2 aromatic heterocycles. The van der Waals surface area contributed by atoms with E-state index >= 15 is 0 Å². The standard InChI is InChI=1S/C17H23N5OS/c1-11(17-21-12-4-2-3-5-14(12)24-17)19-16(23)13-10-22-9-8-18-7-6-15(22)20-13/h10-11,18H,2-9H2,1H3,(H,19,23). The molecule has 1 aliphatic heterocycles. The van der Waals surface area contributed by atoms with Crippen molar-refractivity contribution in [1.82, 2.24) is 25.2 Å². The van der Waals surface area contributed by atoms with Gasteiger partial charge in [-0.3, -0.25) is 4.79 Å². The number of thiazole rings is 1. The summed E-state index contributed by atoms with van der Waals surface area (Å²) in [6.45, 7) is 4.71. The van der Waals surface area contributed by atoms with Crippen molar-refractivity contribution >= 4 is 17.2 Å². The van der Waals surface area contributed by atoms with Gasteiger partial charge in [0.25, 0.3) is 5.91 Å². The Labute approximate surface area is 145 Å². The van der Waals surface area contributed by atoms with Gasteiger partial charge in [0.2, 0.25) is 0 Å². The van der Waals surface area contributed by atoms with Crippen LogP contribution in [0, 0.1) is 0 Å². The fourth-order valence-electron chi connectivity index (χ4n) is 3.37. The van der Waals surface area contributed by atoms with Crippen molar-refractivity contribution in [2.24, 2.45) is 0 Å². The van der Waals surface area contributed by atoms with Crippen LogP contribution in [0.5, 0.6) is 0 Å². The highest BCUT2D eigenvalue weighted by Crippen LogP contribution is 2.29. The zero-order valence-electron chi connectivity index (χ0n) is 14.0. The predicted molar refractivity (Wildman–Crippen MR) is 93.4 cm³/mol. The Bertz CT molecular complexity index is 703. The first-order chi connectivity index (χ1) is 11.7. The van der Waals surface area contributed by atoms with Gasteiger partial charge >= 0.3 is 0 Å². The van der Waals surface area contributed by atoms with E-state index in [1.807, 2.05) is 13.1 Å². The molecule has 0 aromatic carbocycles. The van der Waals surface area contributed by atoms with Crippen molar-refractivity contribution in [3.63, 3.8) is 0 Å². The van der Waals surface area contributed by atoms with E-state index in [2.05, 4.69) is 20.2 Å². The molecule has 0 saturated heterocycles. The average molecular weight is 345 g/mol. The number of fused-ring (bicyclic) bond motifs is 2. The molecule has 0 saturated carbocycles. The van der Waals surface area contributed by atoms with Gasteiger partial charge in [-0.15, -0.1) is 11.3 Å². The molecule has 0 spiro atoms. The number of amides is 1. The van der Waals surface area contributed by atoms with Crippen LogP contribution in [0.4, 0.5) is 0 Å². The summed E-state index contributed by atoms with van der Waals surface area (Å²) < 4.78 is 2.08. The smallest absolute Gasteiger partial charge is 0.272 e. The minimum absolute atomic E-state index is 0.0729. The first kappa shape index (κ1) is 15.8. The SMILES string of the molecule is CC(NC(=O)c1cn2c(n1)CCNCC2)c1nc2c(s1)CCCC2. The van der Waals surface area contributed by atoms with E-state index in [0.29, 0.717) is 5.69 Å². The highest BCUT2D eigenvalue weighted by atomic mass is 32.1. The minimum Gasteiger partial charge on any atom is -0.342 e. The molecule has 0 bridgehead atoms. The highest BCUT2D eigenvalue weighted by molar-refractivity contribution is 7.11. The van der Waals surface area contributed by atoms with E-state index in [9.17, 15) is 4.79 Å². The van der Waals surface area contributed by atoms with E-state index in [-0.39, 0.29) is 11.9 Å². The predicted octanol–water partition coefficient (Wildman–Crippen LogP) is 1.86. The van der Waals surface area contributed by atoms with Crippen LogP contribution >= 0.6 is 11.3 Å². The minimum atomic E-state index is -0.107. The summed E-state index contributed by atoms with van der Waals surface area (Å²) in [4.78, 5) is 23.2. The van der Waals surface area contributed by atoms with Crippen molar-refractivity contribution in [3.8, 4) is 0 Å². The van der Waals surface area contributed by atoms with Crippen LogP contribution < -0.4 is 10.6 Å². The third-order valence-corrected chi connectivity index (χ3v) is 6.07. The Morgan fingerprint density at radius 2 is 2.17 bits per heavy atom. The van der Waals surface area contributed by atoms with Crippen molar-refractivity contribution in [2.75, 3.05) is 13.1 Å². The van der Waals surface area contributed by atoms with Crippen LogP contribution in [0.1, 0.15) is 57.7 Å². The number of nitrogens with one attached hydrogen (secondary N) is 2. The molecule has 1 atom stereocenters. The lowest BCUT2D eigenvalue weighted by atomic mass is 10.0. The summed E-state index contributed by atoms with van der Waals surface area (Å²) in [6, 6.07) is -0.0729. The number of rotatable bonds is 3. The second-order valence-corrected chi connectivity index (χ2v) is 7.68. The summed E-state index contributed by atoms with van der Waals surface area (Å²) in [6.07, 6.45) is 7.43. The third kappa shape index (κ3) is 3.10. The van der Waals surface area contributed by atoms with Gasteiger partial charge in [0.05, 0.1) is 11.7 Å². The normalized spacial score (nSPS) is 18.4. The lowest BCUT2D eigenvalue weighted by Gasteiger charge is -2.09. The Balaban J connectivity index is 1.46. The van der Waals surface area contributed by atoms with Gasteiger partial charge in [-0.05, 0) is 32.6 Å². The Hall–Kier alpha value is -1.73. The molecule has 1 aliphatic carbocycles. The average Bonchev–Trinajstić information content (AvgIpc) is 3.13. The molecule has 0 fully saturated rings. The van der Waals surface area contributed by atoms with Gasteiger partial charge in [-0.1, -0.05) is 0 Å². The van der Waals surface area contributed by atoms with Crippen LogP contribution in [-0.2, 0) is 25.8 Å². The fraction of sp³-hybridized carbons (Fsp3) is 0.588. The molecule has 128 valence electrons. The summed E-state index contributed by atoms with van der Waals surface area (Å²) in [5.74, 6) is 0.881. The van der Waals surface area contributed by atoms with E-state index in [0.717, 1.165) is 49.7 Å². The largest absolute Gasteiger partial charge is 0.342 e. The molecule has 2 N–H and O–H groups in total. The van der Waals surface area contributed by atoms with E-state index in [1.54, 1.807) is 11.3 Å². The van der Waals surface area contributed by atoms with Crippen LogP contribution in [0.15, 0.2) is 6.20 Å². The van der Waals surface area contributed by atoms with Gasteiger partial charge in [0, 0.05) is 37.1 Å². The lowest BCUT2D eigenvalue weighted by molar-refractivity contribution is 0.0935. The maximum Gasteiger partial charge on any atom is 0.272 e. The molecule has 7 heteroatoms. The van der Waals surface area contributed by atoms with Crippen molar-refractivity contribution in [3.05, 3.63) is 33.3 Å². The number of hydrogen-bond acceptors (Lipinski definition) is 5. The molecular formula is C17H23N5OS. The first-order valence-electron chi connectivity index (χ1n) is 8.77. The number of hydrogen-bond donors (Lipinski definition) is 2. The molecule has 0 radical (unpaired) electrons. The number of aromatic nitrogens is 3. The van der Waals surface area contributed by atoms with Gasteiger partial charge in [-0.25, -0.2) is 9.97 Å². The van der Waals surface area contributed by atoms with Gasteiger partial charge in [0.1, 0.15) is 16.5 Å². The van der Waals surface area contributed by atoms with Crippen LogP contribution in [0.2, 0.25) is 0 Å². The van der Waals surface area contributed by atoms with E-state index in [1.165, 1.54) is 23.4 Å². The first-order valence-corrected chi connectivity index (χ1v) is 9.58. The number of nitrogens with zero attached hydrogens (tertiary/aromatic N) is 3. The molecule has 24 heavy (non-hydrogen) atoms. The molecule has 1 unspecified atom stereocenters. The number of carbonyl (C=O) groups is 1. The number of aryl methyl sites for hydroxylation is 2. The number of carbonyl (C=O) groups excluding carboxylic acids is 1. The topological polar surface area (TPSA) is 71.8 Å². The second-order valence-electron chi connectivity index (χ2n) is 6.56. The molecule has 4 rings (SSSR count). The zero-order valence-corrected chi connectivity index (χ0v) is 14.8. The number of imidazole rings is 1. The Kier molecular flexibility index (Phi) is 4.37. The third-order valence-electron chi connectivity index (χ3n) is 4.73. The quantitative estimate of drug-likeness (QED) is 0.891. The van der Waals surface area contributed by atoms with Crippen LogP contribution in [0.25, 0.3) is 0 Å². The molecule has 2 aromatic rings. The second kappa shape index (κ2) is 6.64. The van der Waals surface area contributed by atoms with E-state index < -0.39 is 0 Å². The van der Waals surface area contributed by atoms with Gasteiger partial charge in [0.15, 0.2) is 0 Å². The van der Waals surface area contributed by atoms with E-state index in [4.69, 9.17) is 4.98 Å². The summed E-state index contributed by atoms with van der Waals surface area (Å²) >= 11 is 1.75. The molecule has 3 heterocycles. The fourth-order valence-corrected chi connectivity index (χ4v) is 4.53.